The van der Waals surface area contributed by atoms with Gasteiger partial charge in [-0.3, -0.25) is 0 Å². The number of rotatable bonds is 0. The van der Waals surface area contributed by atoms with Crippen LogP contribution in [0.25, 0.3) is 0 Å². The molecule has 1 heterocycles. The standard InChI is InChI=1S/C15H20Cl2N2/c1-10-2-4-15(5-3-10)8-18-13-6-11(16)12(17)7-14(13)19-9-15/h6-7,10,18-19H,2-5,8-9H2,1H3. The molecule has 2 aliphatic rings. The quantitative estimate of drug-likeness (QED) is 0.702. The summed E-state index contributed by atoms with van der Waals surface area (Å²) in [6, 6.07) is 3.85. The Hall–Kier alpha value is -0.600. The lowest BCUT2D eigenvalue weighted by atomic mass is 9.71. The Morgan fingerprint density at radius 1 is 1.00 bits per heavy atom. The summed E-state index contributed by atoms with van der Waals surface area (Å²) in [4.78, 5) is 0. The van der Waals surface area contributed by atoms with E-state index < -0.39 is 0 Å². The van der Waals surface area contributed by atoms with E-state index in [1.165, 1.54) is 25.7 Å². The van der Waals surface area contributed by atoms with Crippen LogP contribution in [0.1, 0.15) is 32.6 Å². The molecule has 4 heteroatoms. The first-order chi connectivity index (χ1) is 9.08. The molecule has 0 radical (unpaired) electrons. The summed E-state index contributed by atoms with van der Waals surface area (Å²) in [5, 5.41) is 8.35. The molecule has 1 aromatic rings. The van der Waals surface area contributed by atoms with Gasteiger partial charge in [-0.05, 0) is 30.9 Å². The molecule has 0 saturated heterocycles. The van der Waals surface area contributed by atoms with Gasteiger partial charge in [-0.1, -0.05) is 43.0 Å². The molecule has 3 rings (SSSR count). The van der Waals surface area contributed by atoms with E-state index in [2.05, 4.69) is 17.6 Å². The number of hydrogen-bond donors (Lipinski definition) is 2. The Balaban J connectivity index is 1.81. The Labute approximate surface area is 124 Å². The van der Waals surface area contributed by atoms with Gasteiger partial charge in [0.1, 0.15) is 0 Å². The average molecular weight is 299 g/mol. The molecule has 2 nitrogen and oxygen atoms in total. The van der Waals surface area contributed by atoms with Crippen molar-refractivity contribution in [3.8, 4) is 0 Å². The Morgan fingerprint density at radius 2 is 1.47 bits per heavy atom. The first kappa shape index (κ1) is 13.4. The van der Waals surface area contributed by atoms with Gasteiger partial charge in [-0.2, -0.15) is 0 Å². The number of anilines is 2. The first-order valence-electron chi connectivity index (χ1n) is 7.05. The van der Waals surface area contributed by atoms with Crippen molar-refractivity contribution in [2.24, 2.45) is 11.3 Å². The van der Waals surface area contributed by atoms with Crippen LogP contribution in [-0.2, 0) is 0 Å². The first-order valence-corrected chi connectivity index (χ1v) is 7.80. The lowest BCUT2D eigenvalue weighted by Gasteiger charge is -2.38. The van der Waals surface area contributed by atoms with Crippen molar-refractivity contribution < 1.29 is 0 Å². The summed E-state index contributed by atoms with van der Waals surface area (Å²) in [6.07, 6.45) is 5.26. The summed E-state index contributed by atoms with van der Waals surface area (Å²) >= 11 is 12.2. The maximum absolute atomic E-state index is 6.10. The molecule has 2 N–H and O–H groups in total. The summed E-state index contributed by atoms with van der Waals surface area (Å²) < 4.78 is 0. The van der Waals surface area contributed by atoms with Gasteiger partial charge in [0, 0.05) is 18.5 Å². The Kier molecular flexibility index (Phi) is 3.57. The molecule has 0 bridgehead atoms. The fraction of sp³-hybridized carbons (Fsp3) is 0.600. The van der Waals surface area contributed by atoms with Gasteiger partial charge in [0.05, 0.1) is 21.4 Å². The summed E-state index contributed by atoms with van der Waals surface area (Å²) in [7, 11) is 0. The Bertz CT molecular complexity index is 444. The number of nitrogens with one attached hydrogen (secondary N) is 2. The molecular weight excluding hydrogens is 279 g/mol. The highest BCUT2D eigenvalue weighted by Crippen LogP contribution is 2.43. The average Bonchev–Trinajstić information content (AvgIpc) is 2.56. The van der Waals surface area contributed by atoms with Crippen molar-refractivity contribution in [1.29, 1.82) is 0 Å². The van der Waals surface area contributed by atoms with E-state index in [4.69, 9.17) is 23.2 Å². The highest BCUT2D eigenvalue weighted by atomic mass is 35.5. The number of fused-ring (bicyclic) bond motifs is 1. The SMILES string of the molecule is CC1CCC2(CC1)CNc1cc(Cl)c(Cl)cc1NC2. The Morgan fingerprint density at radius 3 is 1.95 bits per heavy atom. The van der Waals surface area contributed by atoms with E-state index >= 15 is 0 Å². The maximum atomic E-state index is 6.10. The van der Waals surface area contributed by atoms with Gasteiger partial charge < -0.3 is 10.6 Å². The fourth-order valence-electron chi connectivity index (χ4n) is 3.20. The predicted molar refractivity (Wildman–Crippen MR) is 83.5 cm³/mol. The second kappa shape index (κ2) is 5.06. The van der Waals surface area contributed by atoms with Gasteiger partial charge in [0.2, 0.25) is 0 Å². The fourth-order valence-corrected chi connectivity index (χ4v) is 3.52. The molecule has 1 aromatic carbocycles. The van der Waals surface area contributed by atoms with E-state index in [9.17, 15) is 0 Å². The van der Waals surface area contributed by atoms with Crippen LogP contribution in [0.15, 0.2) is 12.1 Å². The van der Waals surface area contributed by atoms with E-state index in [-0.39, 0.29) is 0 Å². The van der Waals surface area contributed by atoms with Gasteiger partial charge >= 0.3 is 0 Å². The molecule has 1 saturated carbocycles. The molecule has 1 spiro atoms. The molecule has 1 aliphatic heterocycles. The molecule has 104 valence electrons. The van der Waals surface area contributed by atoms with Gasteiger partial charge in [-0.25, -0.2) is 0 Å². The van der Waals surface area contributed by atoms with Crippen molar-refractivity contribution in [2.45, 2.75) is 32.6 Å². The van der Waals surface area contributed by atoms with Crippen LogP contribution in [-0.4, -0.2) is 13.1 Å². The van der Waals surface area contributed by atoms with Crippen LogP contribution in [0, 0.1) is 11.3 Å². The molecule has 0 amide bonds. The zero-order valence-corrected chi connectivity index (χ0v) is 12.7. The summed E-state index contributed by atoms with van der Waals surface area (Å²) in [5.41, 5.74) is 2.53. The van der Waals surface area contributed by atoms with Crippen molar-refractivity contribution in [3.63, 3.8) is 0 Å². The zero-order chi connectivity index (χ0) is 13.5. The largest absolute Gasteiger partial charge is 0.383 e. The van der Waals surface area contributed by atoms with E-state index in [1.807, 2.05) is 12.1 Å². The van der Waals surface area contributed by atoms with Crippen LogP contribution in [0.4, 0.5) is 11.4 Å². The molecule has 0 aromatic heterocycles. The van der Waals surface area contributed by atoms with Gasteiger partial charge in [0.15, 0.2) is 0 Å². The number of benzene rings is 1. The summed E-state index contributed by atoms with van der Waals surface area (Å²) in [6.45, 7) is 4.41. The second-order valence-electron chi connectivity index (χ2n) is 6.20. The predicted octanol–water partition coefficient (Wildman–Crippen LogP) is 5.03. The minimum atomic E-state index is 0.379. The molecule has 19 heavy (non-hydrogen) atoms. The lowest BCUT2D eigenvalue weighted by Crippen LogP contribution is -2.38. The van der Waals surface area contributed by atoms with Crippen molar-refractivity contribution >= 4 is 34.6 Å². The summed E-state index contributed by atoms with van der Waals surface area (Å²) in [5.74, 6) is 0.875. The smallest absolute Gasteiger partial charge is 0.0614 e. The van der Waals surface area contributed by atoms with E-state index in [0.717, 1.165) is 30.4 Å². The maximum Gasteiger partial charge on any atom is 0.0614 e. The van der Waals surface area contributed by atoms with Gasteiger partial charge in [0.25, 0.3) is 0 Å². The minimum absolute atomic E-state index is 0.379. The van der Waals surface area contributed by atoms with Crippen LogP contribution >= 0.6 is 23.2 Å². The monoisotopic (exact) mass is 298 g/mol. The van der Waals surface area contributed by atoms with Crippen LogP contribution in [0.5, 0.6) is 0 Å². The lowest BCUT2D eigenvalue weighted by molar-refractivity contribution is 0.185. The van der Waals surface area contributed by atoms with Crippen molar-refractivity contribution in [3.05, 3.63) is 22.2 Å². The number of hydrogen-bond acceptors (Lipinski definition) is 2. The van der Waals surface area contributed by atoms with Crippen molar-refractivity contribution in [2.75, 3.05) is 23.7 Å². The molecule has 0 unspecified atom stereocenters. The minimum Gasteiger partial charge on any atom is -0.383 e. The topological polar surface area (TPSA) is 24.1 Å². The normalized spacial score (nSPS) is 22.3. The van der Waals surface area contributed by atoms with Crippen LogP contribution < -0.4 is 10.6 Å². The van der Waals surface area contributed by atoms with Gasteiger partial charge in [-0.15, -0.1) is 0 Å². The van der Waals surface area contributed by atoms with E-state index in [1.54, 1.807) is 0 Å². The second-order valence-corrected chi connectivity index (χ2v) is 7.02. The van der Waals surface area contributed by atoms with E-state index in [0.29, 0.717) is 15.5 Å². The van der Waals surface area contributed by atoms with Crippen molar-refractivity contribution in [1.82, 2.24) is 0 Å². The third-order valence-corrected chi connectivity index (χ3v) is 5.43. The molecule has 1 aliphatic carbocycles. The molecule has 1 fully saturated rings. The highest BCUT2D eigenvalue weighted by molar-refractivity contribution is 6.42. The highest BCUT2D eigenvalue weighted by Gasteiger charge is 2.35. The molecular formula is C15H20Cl2N2. The molecule has 0 atom stereocenters. The number of halogens is 2. The van der Waals surface area contributed by atoms with Crippen LogP contribution in [0.3, 0.4) is 0 Å². The third kappa shape index (κ3) is 2.66. The third-order valence-electron chi connectivity index (χ3n) is 4.70. The van der Waals surface area contributed by atoms with Crippen LogP contribution in [0.2, 0.25) is 10.0 Å². The zero-order valence-electron chi connectivity index (χ0n) is 11.2.